The summed E-state index contributed by atoms with van der Waals surface area (Å²) in [5, 5.41) is -0.737. The van der Waals surface area contributed by atoms with Gasteiger partial charge in [0.15, 0.2) is 5.06 Å². The zero-order valence-electron chi connectivity index (χ0n) is 9.12. The van der Waals surface area contributed by atoms with Gasteiger partial charge < -0.3 is 4.74 Å². The smallest absolute Gasteiger partial charge is 0.322 e. The molecule has 0 aromatic rings. The summed E-state index contributed by atoms with van der Waals surface area (Å²) in [5.41, 5.74) is 0. The van der Waals surface area contributed by atoms with Gasteiger partial charge in [-0.1, -0.05) is 11.6 Å². The second-order valence-corrected chi connectivity index (χ2v) is 6.47. The van der Waals surface area contributed by atoms with E-state index < -0.39 is 5.06 Å². The number of ether oxygens (including phenoxy) is 1. The minimum Gasteiger partial charge on any atom is -0.442 e. The van der Waals surface area contributed by atoms with Crippen LogP contribution < -0.4 is 0 Å². The molecular weight excluding hydrogens is 247 g/mol. The van der Waals surface area contributed by atoms with Crippen molar-refractivity contribution in [3.63, 3.8) is 0 Å². The number of esters is 1. The van der Waals surface area contributed by atoms with Crippen molar-refractivity contribution in [2.75, 3.05) is 5.88 Å². The Kier molecular flexibility index (Phi) is 2.63. The first-order valence-electron chi connectivity index (χ1n) is 6.08. The van der Waals surface area contributed by atoms with Crippen LogP contribution in [-0.2, 0) is 9.53 Å². The molecule has 0 aliphatic heterocycles. The Labute approximate surface area is 106 Å². The van der Waals surface area contributed by atoms with Gasteiger partial charge in [-0.2, -0.15) is 0 Å². The van der Waals surface area contributed by atoms with Gasteiger partial charge in [-0.15, -0.1) is 11.6 Å². The van der Waals surface area contributed by atoms with Gasteiger partial charge in [-0.3, -0.25) is 4.79 Å². The molecule has 4 aliphatic rings. The van der Waals surface area contributed by atoms with E-state index in [1.165, 1.54) is 6.42 Å². The summed E-state index contributed by atoms with van der Waals surface area (Å²) >= 11 is 12.1. The first kappa shape index (κ1) is 11.2. The van der Waals surface area contributed by atoms with Crippen molar-refractivity contribution in [1.82, 2.24) is 0 Å². The molecule has 4 bridgehead atoms. The van der Waals surface area contributed by atoms with E-state index in [0.717, 1.165) is 37.5 Å². The Hall–Kier alpha value is 0.0500. The molecule has 0 aromatic carbocycles. The van der Waals surface area contributed by atoms with Gasteiger partial charge in [-0.25, -0.2) is 0 Å². The number of hydrogen-bond donors (Lipinski definition) is 0. The summed E-state index contributed by atoms with van der Waals surface area (Å²) in [6.07, 6.45) is 5.89. The maximum Gasteiger partial charge on any atom is 0.322 e. The highest BCUT2D eigenvalue weighted by molar-refractivity contribution is 6.28. The molecule has 0 atom stereocenters. The van der Waals surface area contributed by atoms with Gasteiger partial charge in [-0.05, 0) is 43.9 Å². The Balaban J connectivity index is 1.82. The standard InChI is InChI=1S/C12H16Cl2O2/c13-6-11(15)16-12(14)9-2-7-1-8(4-9)5-10(12)3-7/h7-10H,1-6H2. The Morgan fingerprint density at radius 3 is 2.06 bits per heavy atom. The normalized spacial score (nSPS) is 49.4. The van der Waals surface area contributed by atoms with E-state index >= 15 is 0 Å². The summed E-state index contributed by atoms with van der Waals surface area (Å²) in [6, 6.07) is 0. The number of carbonyl (C=O) groups excluding carboxylic acids is 1. The third-order valence-corrected chi connectivity index (χ3v) is 5.54. The zero-order chi connectivity index (χ0) is 11.3. The van der Waals surface area contributed by atoms with Crippen molar-refractivity contribution in [3.8, 4) is 0 Å². The van der Waals surface area contributed by atoms with Crippen molar-refractivity contribution in [3.05, 3.63) is 0 Å². The number of hydrogen-bond acceptors (Lipinski definition) is 2. The molecule has 0 N–H and O–H groups in total. The predicted molar refractivity (Wildman–Crippen MR) is 62.4 cm³/mol. The van der Waals surface area contributed by atoms with Gasteiger partial charge >= 0.3 is 5.97 Å². The van der Waals surface area contributed by atoms with Crippen molar-refractivity contribution in [1.29, 1.82) is 0 Å². The lowest BCUT2D eigenvalue weighted by Crippen LogP contribution is -2.56. The Morgan fingerprint density at radius 1 is 1.12 bits per heavy atom. The van der Waals surface area contributed by atoms with Crippen LogP contribution >= 0.6 is 23.2 Å². The Morgan fingerprint density at radius 2 is 1.62 bits per heavy atom. The molecule has 0 radical (unpaired) electrons. The van der Waals surface area contributed by atoms with Crippen LogP contribution in [0.5, 0.6) is 0 Å². The van der Waals surface area contributed by atoms with Crippen LogP contribution in [0.2, 0.25) is 0 Å². The van der Waals surface area contributed by atoms with Gasteiger partial charge in [0, 0.05) is 11.8 Å². The van der Waals surface area contributed by atoms with E-state index in [9.17, 15) is 4.79 Å². The number of alkyl halides is 2. The molecule has 4 rings (SSSR count). The number of halogens is 2. The fourth-order valence-electron chi connectivity index (χ4n) is 4.20. The van der Waals surface area contributed by atoms with Crippen molar-refractivity contribution in [2.45, 2.75) is 37.2 Å². The monoisotopic (exact) mass is 262 g/mol. The minimum absolute atomic E-state index is 0.0965. The highest BCUT2D eigenvalue weighted by Crippen LogP contribution is 2.61. The molecule has 90 valence electrons. The van der Waals surface area contributed by atoms with Crippen LogP contribution in [0.25, 0.3) is 0 Å². The zero-order valence-corrected chi connectivity index (χ0v) is 10.6. The molecule has 0 saturated heterocycles. The SMILES string of the molecule is O=C(CCl)OC1(Cl)C2CC3CC(C2)CC1C3. The van der Waals surface area contributed by atoms with Crippen LogP contribution in [0.1, 0.15) is 32.1 Å². The van der Waals surface area contributed by atoms with E-state index in [1.54, 1.807) is 0 Å². The molecular formula is C12H16Cl2O2. The molecule has 0 aromatic heterocycles. The van der Waals surface area contributed by atoms with Gasteiger partial charge in [0.25, 0.3) is 0 Å². The van der Waals surface area contributed by atoms with Crippen molar-refractivity contribution in [2.24, 2.45) is 23.7 Å². The van der Waals surface area contributed by atoms with E-state index in [4.69, 9.17) is 27.9 Å². The number of carbonyl (C=O) groups is 1. The van der Waals surface area contributed by atoms with E-state index in [2.05, 4.69) is 0 Å². The van der Waals surface area contributed by atoms with E-state index in [0.29, 0.717) is 11.8 Å². The molecule has 4 aliphatic carbocycles. The predicted octanol–water partition coefficient (Wildman–Crippen LogP) is 3.16. The van der Waals surface area contributed by atoms with Gasteiger partial charge in [0.1, 0.15) is 5.88 Å². The quantitative estimate of drug-likeness (QED) is 0.565. The first-order chi connectivity index (χ1) is 7.61. The summed E-state index contributed by atoms with van der Waals surface area (Å²) in [6.45, 7) is 0. The maximum atomic E-state index is 11.4. The summed E-state index contributed by atoms with van der Waals surface area (Å²) in [7, 11) is 0. The van der Waals surface area contributed by atoms with Gasteiger partial charge in [0.05, 0.1) is 0 Å². The Bertz CT molecular complexity index is 288. The highest BCUT2D eigenvalue weighted by atomic mass is 35.5. The molecule has 16 heavy (non-hydrogen) atoms. The summed E-state index contributed by atoms with van der Waals surface area (Å²) in [5.74, 6) is 1.90. The molecule has 0 unspecified atom stereocenters. The minimum atomic E-state index is -0.737. The van der Waals surface area contributed by atoms with Crippen LogP contribution in [0, 0.1) is 23.7 Å². The fourth-order valence-corrected chi connectivity index (χ4v) is 4.69. The fraction of sp³-hybridized carbons (Fsp3) is 0.917. The lowest BCUT2D eigenvalue weighted by atomic mass is 9.54. The lowest BCUT2D eigenvalue weighted by Gasteiger charge is -2.57. The first-order valence-corrected chi connectivity index (χ1v) is 6.99. The van der Waals surface area contributed by atoms with E-state index in [1.807, 2.05) is 0 Å². The van der Waals surface area contributed by atoms with Crippen molar-refractivity contribution >= 4 is 29.2 Å². The topological polar surface area (TPSA) is 26.3 Å². The highest BCUT2D eigenvalue weighted by Gasteiger charge is 2.58. The molecule has 4 fully saturated rings. The molecule has 2 nitrogen and oxygen atoms in total. The maximum absolute atomic E-state index is 11.4. The molecule has 0 spiro atoms. The third-order valence-electron chi connectivity index (χ3n) is 4.63. The summed E-state index contributed by atoms with van der Waals surface area (Å²) in [4.78, 5) is 11.4. The molecule has 4 heteroatoms. The molecule has 0 heterocycles. The average Bonchev–Trinajstić information content (AvgIpc) is 2.25. The van der Waals surface area contributed by atoms with Crippen LogP contribution in [0.3, 0.4) is 0 Å². The third kappa shape index (κ3) is 1.57. The molecule has 0 amide bonds. The second kappa shape index (κ2) is 3.78. The van der Waals surface area contributed by atoms with Gasteiger partial charge in [0.2, 0.25) is 0 Å². The van der Waals surface area contributed by atoms with Crippen molar-refractivity contribution < 1.29 is 9.53 Å². The molecule has 4 saturated carbocycles. The van der Waals surface area contributed by atoms with Crippen LogP contribution in [-0.4, -0.2) is 16.9 Å². The lowest BCUT2D eigenvalue weighted by molar-refractivity contribution is -0.179. The van der Waals surface area contributed by atoms with Crippen LogP contribution in [0.4, 0.5) is 0 Å². The second-order valence-electron chi connectivity index (χ2n) is 5.61. The van der Waals surface area contributed by atoms with E-state index in [-0.39, 0.29) is 11.8 Å². The van der Waals surface area contributed by atoms with Crippen LogP contribution in [0.15, 0.2) is 0 Å². The average molecular weight is 263 g/mol. The largest absolute Gasteiger partial charge is 0.442 e. The summed E-state index contributed by atoms with van der Waals surface area (Å²) < 4.78 is 5.46. The number of rotatable bonds is 2.